The molecular formula is C16H24N4O4S. The molecule has 3 aliphatic heterocycles. The quantitative estimate of drug-likeness (QED) is 0.723. The molecule has 3 fully saturated rings. The Labute approximate surface area is 147 Å². The summed E-state index contributed by atoms with van der Waals surface area (Å²) >= 11 is 0. The monoisotopic (exact) mass is 368 g/mol. The van der Waals surface area contributed by atoms with Crippen molar-refractivity contribution in [3.8, 4) is 0 Å². The molecule has 0 aliphatic carbocycles. The lowest BCUT2D eigenvalue weighted by Gasteiger charge is -2.36. The number of pyridine rings is 1. The molecule has 1 aromatic heterocycles. The number of piperidine rings is 1. The van der Waals surface area contributed by atoms with Gasteiger partial charge in [0.05, 0.1) is 0 Å². The van der Waals surface area contributed by atoms with E-state index in [0.717, 1.165) is 12.8 Å². The Morgan fingerprint density at radius 2 is 1.96 bits per heavy atom. The first-order valence-electron chi connectivity index (χ1n) is 8.41. The van der Waals surface area contributed by atoms with Gasteiger partial charge < -0.3 is 9.47 Å². The summed E-state index contributed by atoms with van der Waals surface area (Å²) in [5.74, 6) is -0.00276. The van der Waals surface area contributed by atoms with Gasteiger partial charge in [-0.2, -0.15) is 17.0 Å². The highest BCUT2D eigenvalue weighted by atomic mass is 32.2. The van der Waals surface area contributed by atoms with Crippen LogP contribution in [0.2, 0.25) is 0 Å². The highest BCUT2D eigenvalue weighted by Crippen LogP contribution is 2.29. The third-order valence-electron chi connectivity index (χ3n) is 4.99. The molecule has 138 valence electrons. The molecular weight excluding hydrogens is 344 g/mol. The zero-order chi connectivity index (χ0) is 18.2. The zero-order valence-corrected chi connectivity index (χ0v) is 15.4. The van der Waals surface area contributed by atoms with Crippen LogP contribution in [0.15, 0.2) is 29.2 Å². The van der Waals surface area contributed by atoms with Gasteiger partial charge in [0.2, 0.25) is 5.91 Å². The molecule has 0 unspecified atom stereocenters. The van der Waals surface area contributed by atoms with E-state index in [1.165, 1.54) is 33.3 Å². The number of rotatable bonds is 4. The Bertz CT molecular complexity index is 804. The van der Waals surface area contributed by atoms with Gasteiger partial charge in [-0.1, -0.05) is 6.07 Å². The number of amides is 1. The van der Waals surface area contributed by atoms with Crippen LogP contribution in [0.4, 0.5) is 0 Å². The summed E-state index contributed by atoms with van der Waals surface area (Å²) in [6, 6.07) is 4.64. The minimum absolute atomic E-state index is 0.0106. The fraction of sp³-hybridized carbons (Fsp3) is 0.625. The average Bonchev–Trinajstić information content (AvgIpc) is 2.89. The van der Waals surface area contributed by atoms with Gasteiger partial charge in [-0.25, -0.2) is 0 Å². The van der Waals surface area contributed by atoms with E-state index in [0.29, 0.717) is 19.6 Å². The van der Waals surface area contributed by atoms with Crippen molar-refractivity contribution in [3.63, 3.8) is 0 Å². The molecule has 4 rings (SSSR count). The van der Waals surface area contributed by atoms with Gasteiger partial charge in [-0.15, -0.1) is 0 Å². The Morgan fingerprint density at radius 3 is 2.64 bits per heavy atom. The van der Waals surface area contributed by atoms with Gasteiger partial charge in [-0.3, -0.25) is 9.59 Å². The molecule has 9 heteroatoms. The average molecular weight is 368 g/mol. The second kappa shape index (κ2) is 6.89. The summed E-state index contributed by atoms with van der Waals surface area (Å²) in [6.45, 7) is 1.28. The van der Waals surface area contributed by atoms with Crippen molar-refractivity contribution in [2.45, 2.75) is 25.4 Å². The maximum Gasteiger partial charge on any atom is 0.281 e. The van der Waals surface area contributed by atoms with Crippen LogP contribution in [0, 0.1) is 5.92 Å². The van der Waals surface area contributed by atoms with Crippen LogP contribution in [0.25, 0.3) is 0 Å². The van der Waals surface area contributed by atoms with E-state index in [1.807, 2.05) is 0 Å². The van der Waals surface area contributed by atoms with E-state index in [4.69, 9.17) is 0 Å². The van der Waals surface area contributed by atoms with Crippen molar-refractivity contribution in [2.75, 3.05) is 33.7 Å². The number of fused-ring (bicyclic) bond motifs is 4. The molecule has 25 heavy (non-hydrogen) atoms. The third kappa shape index (κ3) is 3.63. The van der Waals surface area contributed by atoms with Crippen LogP contribution in [0.3, 0.4) is 0 Å². The zero-order valence-electron chi connectivity index (χ0n) is 14.5. The molecule has 0 saturated carbocycles. The second-order valence-corrected chi connectivity index (χ2v) is 9.06. The van der Waals surface area contributed by atoms with Crippen LogP contribution < -0.4 is 5.56 Å². The molecule has 0 spiro atoms. The molecule has 2 atom stereocenters. The standard InChI is InChI=1S/C16H24N4O4S/c1-17(2)25(23,24)19-9-13-6-7-14(11-19)20(10-13)16(22)12-18-8-4-3-5-15(18)21/h3-5,8,13-14H,6-7,9-12H2,1-2H3/t13-,14+/m1/s1. The van der Waals surface area contributed by atoms with Gasteiger partial charge in [0.15, 0.2) is 0 Å². The Kier molecular flexibility index (Phi) is 4.99. The molecule has 3 aliphatic rings. The number of carbonyl (C=O) groups excluding carboxylic acids is 1. The molecule has 1 amide bonds. The molecule has 0 radical (unpaired) electrons. The van der Waals surface area contributed by atoms with Gasteiger partial charge in [0, 0.05) is 52.0 Å². The maximum atomic E-state index is 12.7. The highest BCUT2D eigenvalue weighted by molar-refractivity contribution is 7.86. The van der Waals surface area contributed by atoms with E-state index < -0.39 is 10.2 Å². The van der Waals surface area contributed by atoms with Crippen LogP contribution in [0.1, 0.15) is 12.8 Å². The van der Waals surface area contributed by atoms with E-state index in [9.17, 15) is 18.0 Å². The van der Waals surface area contributed by atoms with Crippen molar-refractivity contribution in [2.24, 2.45) is 5.92 Å². The number of hydrogen-bond acceptors (Lipinski definition) is 4. The highest BCUT2D eigenvalue weighted by Gasteiger charge is 2.41. The summed E-state index contributed by atoms with van der Waals surface area (Å²) < 4.78 is 29.0. The lowest BCUT2D eigenvalue weighted by Crippen LogP contribution is -2.50. The van der Waals surface area contributed by atoms with Crippen molar-refractivity contribution in [3.05, 3.63) is 34.7 Å². The first-order valence-corrected chi connectivity index (χ1v) is 9.81. The minimum atomic E-state index is -3.49. The number of nitrogens with zero attached hydrogens (tertiary/aromatic N) is 4. The van der Waals surface area contributed by atoms with Gasteiger partial charge in [0.25, 0.3) is 15.8 Å². The lowest BCUT2D eigenvalue weighted by atomic mass is 9.95. The van der Waals surface area contributed by atoms with E-state index >= 15 is 0 Å². The fourth-order valence-electron chi connectivity index (χ4n) is 3.59. The number of aromatic nitrogens is 1. The molecule has 3 saturated heterocycles. The number of hydrogen-bond donors (Lipinski definition) is 0. The largest absolute Gasteiger partial charge is 0.337 e. The van der Waals surface area contributed by atoms with Crippen molar-refractivity contribution in [1.29, 1.82) is 0 Å². The predicted octanol–water partition coefficient (Wildman–Crippen LogP) is -0.422. The van der Waals surface area contributed by atoms with Gasteiger partial charge >= 0.3 is 0 Å². The summed E-state index contributed by atoms with van der Waals surface area (Å²) in [5, 5.41) is 0. The minimum Gasteiger partial charge on any atom is -0.337 e. The molecule has 4 heterocycles. The molecule has 0 aromatic carbocycles. The summed E-state index contributed by atoms with van der Waals surface area (Å²) in [5.41, 5.74) is -0.215. The maximum absolute atomic E-state index is 12.7. The Morgan fingerprint density at radius 1 is 1.20 bits per heavy atom. The molecule has 2 bridgehead atoms. The fourth-order valence-corrected chi connectivity index (χ4v) is 4.81. The Balaban J connectivity index is 1.78. The Hall–Kier alpha value is -1.71. The molecule has 0 N–H and O–H groups in total. The molecule has 8 nitrogen and oxygen atoms in total. The van der Waals surface area contributed by atoms with E-state index in [1.54, 1.807) is 23.2 Å². The van der Waals surface area contributed by atoms with Crippen LogP contribution in [0.5, 0.6) is 0 Å². The summed E-state index contributed by atoms with van der Waals surface area (Å²) in [4.78, 5) is 26.3. The first kappa shape index (κ1) is 18.1. The van der Waals surface area contributed by atoms with Gasteiger partial charge in [0.1, 0.15) is 6.54 Å². The van der Waals surface area contributed by atoms with Crippen molar-refractivity contribution in [1.82, 2.24) is 18.1 Å². The van der Waals surface area contributed by atoms with Crippen LogP contribution in [-0.4, -0.2) is 72.2 Å². The number of carbonyl (C=O) groups is 1. The smallest absolute Gasteiger partial charge is 0.281 e. The lowest BCUT2D eigenvalue weighted by molar-refractivity contribution is -0.135. The van der Waals surface area contributed by atoms with Crippen LogP contribution >= 0.6 is 0 Å². The van der Waals surface area contributed by atoms with Gasteiger partial charge in [-0.05, 0) is 24.8 Å². The van der Waals surface area contributed by atoms with Crippen LogP contribution in [-0.2, 0) is 21.5 Å². The SMILES string of the molecule is CN(C)S(=O)(=O)N1C[C@H]2CC[C@@H](C1)N(C(=O)Cn1ccccc1=O)C2. The third-order valence-corrected chi connectivity index (χ3v) is 6.87. The van der Waals surface area contributed by atoms with Crippen molar-refractivity contribution < 1.29 is 13.2 Å². The van der Waals surface area contributed by atoms with Crippen molar-refractivity contribution >= 4 is 16.1 Å². The first-order chi connectivity index (χ1) is 11.8. The van der Waals surface area contributed by atoms with E-state index in [2.05, 4.69) is 0 Å². The van der Waals surface area contributed by atoms with E-state index in [-0.39, 0.29) is 30.0 Å². The summed E-state index contributed by atoms with van der Waals surface area (Å²) in [6.07, 6.45) is 3.30. The molecule has 1 aromatic rings. The predicted molar refractivity (Wildman–Crippen MR) is 93.1 cm³/mol. The topological polar surface area (TPSA) is 82.9 Å². The summed E-state index contributed by atoms with van der Waals surface area (Å²) in [7, 11) is -0.449. The normalized spacial score (nSPS) is 24.5. The second-order valence-electron chi connectivity index (χ2n) is 6.92.